The van der Waals surface area contributed by atoms with Gasteiger partial charge in [-0.25, -0.2) is 4.98 Å². The number of hydrogen-bond acceptors (Lipinski definition) is 5. The molecule has 0 aliphatic carbocycles. The number of hydrogen-bond donors (Lipinski definition) is 2. The van der Waals surface area contributed by atoms with Crippen LogP contribution in [0.2, 0.25) is 0 Å². The van der Waals surface area contributed by atoms with Crippen LogP contribution in [0.1, 0.15) is 42.5 Å². The smallest absolute Gasteiger partial charge is 0.272 e. The molecule has 0 aliphatic heterocycles. The van der Waals surface area contributed by atoms with E-state index < -0.39 is 0 Å². The van der Waals surface area contributed by atoms with Gasteiger partial charge in [0.05, 0.1) is 24.1 Å². The quantitative estimate of drug-likeness (QED) is 0.850. The van der Waals surface area contributed by atoms with Crippen LogP contribution in [-0.4, -0.2) is 27.4 Å². The monoisotopic (exact) mass is 285 g/mol. The molecule has 2 N–H and O–H groups in total. The fraction of sp³-hybridized carbons (Fsp3) is 0.333. The van der Waals surface area contributed by atoms with Gasteiger partial charge in [0.15, 0.2) is 0 Å². The van der Waals surface area contributed by atoms with E-state index in [2.05, 4.69) is 32.5 Å². The molecule has 1 amide bonds. The number of anilines is 1. The zero-order chi connectivity index (χ0) is 15.1. The predicted octanol–water partition coefficient (Wildman–Crippen LogP) is 2.18. The Hall–Kier alpha value is -2.50. The fourth-order valence-electron chi connectivity index (χ4n) is 1.79. The number of nitrogens with zero attached hydrogens (tertiary/aromatic N) is 3. The summed E-state index contributed by atoms with van der Waals surface area (Å²) < 4.78 is 0. The van der Waals surface area contributed by atoms with Gasteiger partial charge >= 0.3 is 0 Å². The molecule has 0 radical (unpaired) electrons. The highest BCUT2D eigenvalue weighted by Crippen LogP contribution is 2.09. The van der Waals surface area contributed by atoms with Crippen molar-refractivity contribution in [2.75, 3.05) is 11.9 Å². The summed E-state index contributed by atoms with van der Waals surface area (Å²) in [4.78, 5) is 24.7. The molecule has 6 nitrogen and oxygen atoms in total. The summed E-state index contributed by atoms with van der Waals surface area (Å²) in [5.74, 6) is 0.343. The molecule has 0 aromatic carbocycles. The molecule has 2 aromatic heterocycles. The topological polar surface area (TPSA) is 79.8 Å². The number of rotatable bonds is 6. The van der Waals surface area contributed by atoms with E-state index in [1.807, 2.05) is 25.1 Å². The maximum absolute atomic E-state index is 12.2. The largest absolute Gasteiger partial charge is 0.369 e. The lowest BCUT2D eigenvalue weighted by atomic mass is 10.2. The molecule has 1 unspecified atom stereocenters. The average molecular weight is 285 g/mol. The van der Waals surface area contributed by atoms with Crippen LogP contribution in [0, 0.1) is 0 Å². The van der Waals surface area contributed by atoms with Crippen molar-refractivity contribution in [2.45, 2.75) is 26.3 Å². The number of carbonyl (C=O) groups excluding carboxylic acids is 1. The molecule has 0 saturated heterocycles. The van der Waals surface area contributed by atoms with Gasteiger partial charge in [0.25, 0.3) is 5.91 Å². The van der Waals surface area contributed by atoms with Crippen LogP contribution in [-0.2, 0) is 0 Å². The van der Waals surface area contributed by atoms with Crippen LogP contribution >= 0.6 is 0 Å². The molecular formula is C15H19N5O. The predicted molar refractivity (Wildman–Crippen MR) is 80.9 cm³/mol. The van der Waals surface area contributed by atoms with Crippen molar-refractivity contribution in [3.05, 3.63) is 48.2 Å². The van der Waals surface area contributed by atoms with E-state index in [1.165, 1.54) is 6.20 Å². The van der Waals surface area contributed by atoms with Gasteiger partial charge < -0.3 is 10.6 Å². The van der Waals surface area contributed by atoms with Gasteiger partial charge in [0, 0.05) is 12.7 Å². The molecule has 2 heterocycles. The van der Waals surface area contributed by atoms with Crippen LogP contribution < -0.4 is 10.6 Å². The molecule has 0 spiro atoms. The first kappa shape index (κ1) is 14.9. The molecule has 6 heteroatoms. The van der Waals surface area contributed by atoms with Gasteiger partial charge in [-0.1, -0.05) is 13.0 Å². The minimum atomic E-state index is -0.263. The molecule has 1 atom stereocenters. The second-order valence-electron chi connectivity index (χ2n) is 4.67. The van der Waals surface area contributed by atoms with Crippen LogP contribution in [0.5, 0.6) is 0 Å². The van der Waals surface area contributed by atoms with Crippen LogP contribution in [0.3, 0.4) is 0 Å². The van der Waals surface area contributed by atoms with E-state index >= 15 is 0 Å². The molecule has 0 fully saturated rings. The van der Waals surface area contributed by atoms with Crippen LogP contribution in [0.15, 0.2) is 36.8 Å². The van der Waals surface area contributed by atoms with E-state index in [-0.39, 0.29) is 11.9 Å². The minimum Gasteiger partial charge on any atom is -0.369 e. The lowest BCUT2D eigenvalue weighted by Crippen LogP contribution is -2.28. The number of nitrogens with one attached hydrogen (secondary N) is 2. The Kier molecular flexibility index (Phi) is 5.20. The summed E-state index contributed by atoms with van der Waals surface area (Å²) in [6.07, 6.45) is 5.74. The van der Waals surface area contributed by atoms with Crippen LogP contribution in [0.25, 0.3) is 0 Å². The van der Waals surface area contributed by atoms with E-state index in [9.17, 15) is 4.79 Å². The first-order chi connectivity index (χ1) is 10.2. The molecule has 21 heavy (non-hydrogen) atoms. The number of pyridine rings is 1. The van der Waals surface area contributed by atoms with Crippen molar-refractivity contribution < 1.29 is 4.79 Å². The molecule has 0 bridgehead atoms. The molecule has 0 aliphatic rings. The minimum absolute atomic E-state index is 0.187. The average Bonchev–Trinajstić information content (AvgIpc) is 2.54. The van der Waals surface area contributed by atoms with Gasteiger partial charge in [-0.15, -0.1) is 0 Å². The van der Waals surface area contributed by atoms with E-state index in [1.54, 1.807) is 12.4 Å². The molecule has 0 saturated carbocycles. The summed E-state index contributed by atoms with van der Waals surface area (Å²) in [7, 11) is 0. The summed E-state index contributed by atoms with van der Waals surface area (Å²) >= 11 is 0. The third-order valence-electron chi connectivity index (χ3n) is 2.90. The van der Waals surface area contributed by atoms with Gasteiger partial charge in [-0.05, 0) is 25.5 Å². The van der Waals surface area contributed by atoms with Crippen molar-refractivity contribution in [2.24, 2.45) is 0 Å². The highest BCUT2D eigenvalue weighted by molar-refractivity contribution is 5.92. The second-order valence-corrected chi connectivity index (χ2v) is 4.67. The van der Waals surface area contributed by atoms with Crippen molar-refractivity contribution >= 4 is 11.7 Å². The standard InChI is InChI=1S/C15H19N5O/c1-3-7-18-14-10-16-9-13(20-14)15(21)19-11(2)12-6-4-5-8-17-12/h4-6,8-11H,3,7H2,1-2H3,(H,18,20)(H,19,21). The highest BCUT2D eigenvalue weighted by atomic mass is 16.1. The zero-order valence-corrected chi connectivity index (χ0v) is 12.2. The number of aromatic nitrogens is 3. The Balaban J connectivity index is 2.03. The normalized spacial score (nSPS) is 11.7. The van der Waals surface area contributed by atoms with Crippen LogP contribution in [0.4, 0.5) is 5.82 Å². The van der Waals surface area contributed by atoms with Crippen molar-refractivity contribution in [3.63, 3.8) is 0 Å². The van der Waals surface area contributed by atoms with Gasteiger partial charge in [0.1, 0.15) is 11.5 Å². The zero-order valence-electron chi connectivity index (χ0n) is 12.2. The third-order valence-corrected chi connectivity index (χ3v) is 2.90. The summed E-state index contributed by atoms with van der Waals surface area (Å²) in [5.41, 5.74) is 1.10. The Morgan fingerprint density at radius 3 is 2.90 bits per heavy atom. The molecular weight excluding hydrogens is 266 g/mol. The Bertz CT molecular complexity index is 588. The SMILES string of the molecule is CCCNc1cncc(C(=O)NC(C)c2ccccn2)n1. The van der Waals surface area contributed by atoms with Crippen molar-refractivity contribution in [3.8, 4) is 0 Å². The summed E-state index contributed by atoms with van der Waals surface area (Å²) in [6.45, 7) is 4.74. The Morgan fingerprint density at radius 1 is 1.33 bits per heavy atom. The third kappa shape index (κ3) is 4.24. The summed E-state index contributed by atoms with van der Waals surface area (Å²) in [6, 6.07) is 5.41. The van der Waals surface area contributed by atoms with E-state index in [4.69, 9.17) is 0 Å². The van der Waals surface area contributed by atoms with Gasteiger partial charge in [0.2, 0.25) is 0 Å². The first-order valence-electron chi connectivity index (χ1n) is 6.98. The first-order valence-corrected chi connectivity index (χ1v) is 6.98. The lowest BCUT2D eigenvalue weighted by molar-refractivity contribution is 0.0934. The van der Waals surface area contributed by atoms with Crippen molar-refractivity contribution in [1.29, 1.82) is 0 Å². The Morgan fingerprint density at radius 2 is 2.19 bits per heavy atom. The highest BCUT2D eigenvalue weighted by Gasteiger charge is 2.14. The number of amides is 1. The molecule has 110 valence electrons. The molecule has 2 rings (SSSR count). The Labute approximate surface area is 124 Å². The summed E-state index contributed by atoms with van der Waals surface area (Å²) in [5, 5.41) is 5.97. The molecule has 2 aromatic rings. The van der Waals surface area contributed by atoms with E-state index in [0.29, 0.717) is 11.5 Å². The van der Waals surface area contributed by atoms with Crippen molar-refractivity contribution in [1.82, 2.24) is 20.3 Å². The maximum Gasteiger partial charge on any atom is 0.272 e. The second kappa shape index (κ2) is 7.33. The maximum atomic E-state index is 12.2. The van der Waals surface area contributed by atoms with Gasteiger partial charge in [-0.2, -0.15) is 0 Å². The lowest BCUT2D eigenvalue weighted by Gasteiger charge is -2.13. The fourth-order valence-corrected chi connectivity index (χ4v) is 1.79. The number of carbonyl (C=O) groups is 1. The van der Waals surface area contributed by atoms with E-state index in [0.717, 1.165) is 18.7 Å². The van der Waals surface area contributed by atoms with Gasteiger partial charge in [-0.3, -0.25) is 14.8 Å².